The molecule has 4 aliphatic rings. The first kappa shape index (κ1) is 17.8. The van der Waals surface area contributed by atoms with E-state index in [1.807, 2.05) is 6.92 Å². The molecule has 5 nitrogen and oxygen atoms in total. The van der Waals surface area contributed by atoms with Gasteiger partial charge in [-0.2, -0.15) is 0 Å². The van der Waals surface area contributed by atoms with Crippen molar-refractivity contribution in [1.29, 1.82) is 0 Å². The van der Waals surface area contributed by atoms with Crippen molar-refractivity contribution < 1.29 is 4.79 Å². The smallest absolute Gasteiger partial charge is 0.157 e. The molecule has 4 aliphatic carbocycles. The molecule has 0 saturated heterocycles. The van der Waals surface area contributed by atoms with E-state index >= 15 is 0 Å². The molecule has 0 spiro atoms. The third-order valence-corrected chi connectivity index (χ3v) is 8.97. The first-order valence-corrected chi connectivity index (χ1v) is 11.4. The molecule has 0 aliphatic heterocycles. The normalized spacial score (nSPS) is 43.6. The number of aromatic nitrogens is 4. The van der Waals surface area contributed by atoms with Crippen LogP contribution in [0.5, 0.6) is 0 Å². The molecule has 0 N–H and O–H groups in total. The fourth-order valence-corrected chi connectivity index (χ4v) is 7.81. The molecule has 4 saturated carbocycles. The Morgan fingerprint density at radius 3 is 2.41 bits per heavy atom. The summed E-state index contributed by atoms with van der Waals surface area (Å²) in [7, 11) is 0. The zero-order valence-corrected chi connectivity index (χ0v) is 16.9. The van der Waals surface area contributed by atoms with Crippen molar-refractivity contribution in [2.45, 2.75) is 78.2 Å². The highest BCUT2D eigenvalue weighted by molar-refractivity contribution is 5.81. The molecule has 5 heteroatoms. The monoisotopic (exact) mass is 370 g/mol. The largest absolute Gasteiger partial charge is 0.297 e. The summed E-state index contributed by atoms with van der Waals surface area (Å²) in [5, 5.41) is 11.6. The van der Waals surface area contributed by atoms with Crippen LogP contribution in [0.4, 0.5) is 0 Å². The first-order chi connectivity index (χ1) is 13.1. The molecule has 27 heavy (non-hydrogen) atoms. The van der Waals surface area contributed by atoms with Crippen molar-refractivity contribution in [3.05, 3.63) is 5.82 Å². The van der Waals surface area contributed by atoms with E-state index in [0.717, 1.165) is 47.8 Å². The quantitative estimate of drug-likeness (QED) is 0.805. The van der Waals surface area contributed by atoms with E-state index in [1.54, 1.807) is 4.68 Å². The molecule has 0 amide bonds. The highest BCUT2D eigenvalue weighted by Crippen LogP contribution is 2.59. The molecule has 1 heterocycles. The molecule has 0 radical (unpaired) electrons. The lowest BCUT2D eigenvalue weighted by Gasteiger charge is -2.53. The van der Waals surface area contributed by atoms with E-state index < -0.39 is 0 Å². The predicted octanol–water partition coefficient (Wildman–Crippen LogP) is 4.07. The number of aryl methyl sites for hydroxylation is 1. The zero-order valence-electron chi connectivity index (χ0n) is 16.9. The Bertz CT molecular complexity index is 700. The van der Waals surface area contributed by atoms with Crippen LogP contribution < -0.4 is 0 Å². The maximum atomic E-state index is 13.0. The standard InChI is InChI=1S/C22H34N4O/c1-13-3-5-16-15(11-13)4-6-18-17(16)7-8-20-19(18)9-10-21(20)22(27)12-26-14(2)23-24-25-26/h13,15-21H,3-12H2,1-2H3/t13?,15?,16?,17?,18?,19?,20?,21-/m0/s1. The Morgan fingerprint density at radius 1 is 0.926 bits per heavy atom. The van der Waals surface area contributed by atoms with Gasteiger partial charge < -0.3 is 0 Å². The lowest BCUT2D eigenvalue weighted by atomic mass is 9.52. The molecule has 5 rings (SSSR count). The summed E-state index contributed by atoms with van der Waals surface area (Å²) < 4.78 is 1.68. The van der Waals surface area contributed by atoms with Gasteiger partial charge in [-0.3, -0.25) is 4.79 Å². The fraction of sp³-hybridized carbons (Fsp3) is 0.909. The van der Waals surface area contributed by atoms with Crippen molar-refractivity contribution >= 4 is 5.78 Å². The molecular formula is C22H34N4O. The lowest BCUT2D eigenvalue weighted by Crippen LogP contribution is -2.45. The molecular weight excluding hydrogens is 336 g/mol. The molecule has 8 atom stereocenters. The van der Waals surface area contributed by atoms with E-state index in [9.17, 15) is 4.79 Å². The minimum Gasteiger partial charge on any atom is -0.297 e. The van der Waals surface area contributed by atoms with Crippen molar-refractivity contribution in [2.75, 3.05) is 0 Å². The van der Waals surface area contributed by atoms with Gasteiger partial charge in [0.15, 0.2) is 5.78 Å². The second-order valence-electron chi connectivity index (χ2n) is 10.2. The summed E-state index contributed by atoms with van der Waals surface area (Å²) in [6.07, 6.45) is 12.4. The number of fused-ring (bicyclic) bond motifs is 5. The number of hydrogen-bond acceptors (Lipinski definition) is 4. The van der Waals surface area contributed by atoms with Crippen LogP contribution in [-0.2, 0) is 11.3 Å². The Hall–Kier alpha value is -1.26. The summed E-state index contributed by atoms with van der Waals surface area (Å²) in [5.74, 6) is 7.64. The van der Waals surface area contributed by atoms with Crippen LogP contribution in [0.1, 0.15) is 70.5 Å². The van der Waals surface area contributed by atoms with E-state index in [4.69, 9.17) is 0 Å². The maximum absolute atomic E-state index is 13.0. The number of Topliss-reactive ketones (excluding diaryl/α,β-unsaturated/α-hetero) is 1. The molecule has 1 aromatic rings. The number of ketones is 1. The zero-order chi connectivity index (χ0) is 18.5. The van der Waals surface area contributed by atoms with Gasteiger partial charge in [-0.1, -0.05) is 13.3 Å². The summed E-state index contributed by atoms with van der Waals surface area (Å²) >= 11 is 0. The van der Waals surface area contributed by atoms with Gasteiger partial charge in [-0.05, 0) is 110 Å². The summed E-state index contributed by atoms with van der Waals surface area (Å²) in [5.41, 5.74) is 0. The molecule has 148 valence electrons. The summed E-state index contributed by atoms with van der Waals surface area (Å²) in [4.78, 5) is 13.0. The molecule has 1 aromatic heterocycles. The summed E-state index contributed by atoms with van der Waals surface area (Å²) in [6, 6.07) is 0. The average Bonchev–Trinajstić information content (AvgIpc) is 3.27. The van der Waals surface area contributed by atoms with Crippen LogP contribution in [0.25, 0.3) is 0 Å². The van der Waals surface area contributed by atoms with Crippen molar-refractivity contribution in [1.82, 2.24) is 20.2 Å². The van der Waals surface area contributed by atoms with E-state index in [2.05, 4.69) is 22.4 Å². The van der Waals surface area contributed by atoms with Crippen LogP contribution >= 0.6 is 0 Å². The van der Waals surface area contributed by atoms with Gasteiger partial charge >= 0.3 is 0 Å². The average molecular weight is 371 g/mol. The van der Waals surface area contributed by atoms with Crippen LogP contribution in [0.2, 0.25) is 0 Å². The minimum atomic E-state index is 0.253. The number of nitrogens with zero attached hydrogens (tertiary/aromatic N) is 4. The van der Waals surface area contributed by atoms with E-state index in [1.165, 1.54) is 51.4 Å². The number of carbonyl (C=O) groups excluding carboxylic acids is 1. The Labute approximate surface area is 162 Å². The fourth-order valence-electron chi connectivity index (χ4n) is 7.81. The topological polar surface area (TPSA) is 60.7 Å². The molecule has 0 bridgehead atoms. The van der Waals surface area contributed by atoms with Crippen molar-refractivity contribution in [3.63, 3.8) is 0 Å². The van der Waals surface area contributed by atoms with Gasteiger partial charge in [-0.25, -0.2) is 4.68 Å². The first-order valence-electron chi connectivity index (χ1n) is 11.4. The van der Waals surface area contributed by atoms with Gasteiger partial charge in [0, 0.05) is 5.92 Å². The van der Waals surface area contributed by atoms with Crippen molar-refractivity contribution in [3.8, 4) is 0 Å². The van der Waals surface area contributed by atoms with Crippen LogP contribution in [0.15, 0.2) is 0 Å². The lowest BCUT2D eigenvalue weighted by molar-refractivity contribution is -0.126. The second kappa shape index (κ2) is 6.97. The van der Waals surface area contributed by atoms with Gasteiger partial charge in [0.05, 0.1) is 0 Å². The Kier molecular flexibility index (Phi) is 4.60. The van der Waals surface area contributed by atoms with E-state index in [0.29, 0.717) is 18.2 Å². The number of tetrazole rings is 1. The van der Waals surface area contributed by atoms with Gasteiger partial charge in [0.2, 0.25) is 0 Å². The van der Waals surface area contributed by atoms with Crippen LogP contribution in [-0.4, -0.2) is 26.0 Å². The van der Waals surface area contributed by atoms with Gasteiger partial charge in [0.1, 0.15) is 12.4 Å². The third-order valence-electron chi connectivity index (χ3n) is 8.97. The predicted molar refractivity (Wildman–Crippen MR) is 103 cm³/mol. The number of hydrogen-bond donors (Lipinski definition) is 0. The van der Waals surface area contributed by atoms with Gasteiger partial charge in [-0.15, -0.1) is 5.10 Å². The number of carbonyl (C=O) groups is 1. The van der Waals surface area contributed by atoms with Crippen LogP contribution in [0, 0.1) is 54.3 Å². The Morgan fingerprint density at radius 2 is 1.59 bits per heavy atom. The van der Waals surface area contributed by atoms with Gasteiger partial charge in [0.25, 0.3) is 0 Å². The summed E-state index contributed by atoms with van der Waals surface area (Å²) in [6.45, 7) is 4.70. The second-order valence-corrected chi connectivity index (χ2v) is 10.2. The van der Waals surface area contributed by atoms with E-state index in [-0.39, 0.29) is 5.92 Å². The minimum absolute atomic E-state index is 0.253. The third kappa shape index (κ3) is 3.05. The number of rotatable bonds is 3. The van der Waals surface area contributed by atoms with Crippen LogP contribution in [0.3, 0.4) is 0 Å². The molecule has 7 unspecified atom stereocenters. The maximum Gasteiger partial charge on any atom is 0.157 e. The highest BCUT2D eigenvalue weighted by Gasteiger charge is 2.52. The molecule has 4 fully saturated rings. The highest BCUT2D eigenvalue weighted by atomic mass is 16.1. The van der Waals surface area contributed by atoms with Crippen molar-refractivity contribution in [2.24, 2.45) is 47.3 Å². The Balaban J connectivity index is 1.28. The molecule has 0 aromatic carbocycles. The SMILES string of the molecule is Cc1nnnn1CC(=O)[C@H]1CCC2C3CCC4CC(C)CCC4C3CCC21.